The largest absolute Gasteiger partial charge is 0.347 e. The van der Waals surface area contributed by atoms with Crippen LogP contribution in [0.25, 0.3) is 0 Å². The molecule has 1 heterocycles. The fraction of sp³-hybridized carbons (Fsp3) is 0.267. The van der Waals surface area contributed by atoms with Crippen LogP contribution in [0.15, 0.2) is 30.5 Å². The summed E-state index contributed by atoms with van der Waals surface area (Å²) in [5.41, 5.74) is 5.94. The Morgan fingerprint density at radius 2 is 1.76 bits per heavy atom. The van der Waals surface area contributed by atoms with Crippen molar-refractivity contribution in [1.29, 1.82) is 5.26 Å². The third kappa shape index (κ3) is 2.24. The van der Waals surface area contributed by atoms with Crippen LogP contribution in [0.1, 0.15) is 27.9 Å². The van der Waals surface area contributed by atoms with Crippen LogP contribution in [0.5, 0.6) is 0 Å². The van der Waals surface area contributed by atoms with Crippen molar-refractivity contribution >= 4 is 0 Å². The topological polar surface area (TPSA) is 28.7 Å². The summed E-state index contributed by atoms with van der Waals surface area (Å²) in [6, 6.07) is 9.91. The SMILES string of the molecule is Cc1cn(Cc2ccc(C#N)cc2)c(C)c1C. The minimum absolute atomic E-state index is 0.713. The predicted molar refractivity (Wildman–Crippen MR) is 68.9 cm³/mol. The molecular weight excluding hydrogens is 208 g/mol. The molecule has 1 aromatic carbocycles. The number of hydrogen-bond donors (Lipinski definition) is 0. The zero-order valence-electron chi connectivity index (χ0n) is 10.5. The quantitative estimate of drug-likeness (QED) is 0.769. The van der Waals surface area contributed by atoms with Gasteiger partial charge in [-0.15, -0.1) is 0 Å². The molecule has 0 bridgehead atoms. The van der Waals surface area contributed by atoms with Crippen molar-refractivity contribution in [2.24, 2.45) is 0 Å². The lowest BCUT2D eigenvalue weighted by molar-refractivity contribution is 0.772. The van der Waals surface area contributed by atoms with Gasteiger partial charge in [0.1, 0.15) is 0 Å². The van der Waals surface area contributed by atoms with E-state index in [1.807, 2.05) is 24.3 Å². The van der Waals surface area contributed by atoms with E-state index < -0.39 is 0 Å². The van der Waals surface area contributed by atoms with Gasteiger partial charge in [0.05, 0.1) is 11.6 Å². The van der Waals surface area contributed by atoms with Crippen LogP contribution in [0.2, 0.25) is 0 Å². The molecule has 0 N–H and O–H groups in total. The van der Waals surface area contributed by atoms with Crippen molar-refractivity contribution < 1.29 is 0 Å². The van der Waals surface area contributed by atoms with E-state index in [-0.39, 0.29) is 0 Å². The van der Waals surface area contributed by atoms with Gasteiger partial charge in [-0.2, -0.15) is 5.26 Å². The van der Waals surface area contributed by atoms with Gasteiger partial charge in [-0.1, -0.05) is 12.1 Å². The lowest BCUT2D eigenvalue weighted by Crippen LogP contribution is -2.00. The lowest BCUT2D eigenvalue weighted by Gasteiger charge is -2.06. The highest BCUT2D eigenvalue weighted by molar-refractivity contribution is 5.33. The highest BCUT2D eigenvalue weighted by Crippen LogP contribution is 2.16. The van der Waals surface area contributed by atoms with Crippen LogP contribution in [0.3, 0.4) is 0 Å². The summed E-state index contributed by atoms with van der Waals surface area (Å²) < 4.78 is 2.26. The second-order valence-electron chi connectivity index (χ2n) is 4.46. The average molecular weight is 224 g/mol. The molecule has 2 nitrogen and oxygen atoms in total. The highest BCUT2D eigenvalue weighted by atomic mass is 15.0. The molecule has 0 aliphatic rings. The molecule has 0 radical (unpaired) electrons. The van der Waals surface area contributed by atoms with E-state index in [1.165, 1.54) is 22.4 Å². The van der Waals surface area contributed by atoms with Gasteiger partial charge < -0.3 is 4.57 Å². The van der Waals surface area contributed by atoms with E-state index >= 15 is 0 Å². The summed E-state index contributed by atoms with van der Waals surface area (Å²) >= 11 is 0. The summed E-state index contributed by atoms with van der Waals surface area (Å²) in [4.78, 5) is 0. The van der Waals surface area contributed by atoms with Crippen molar-refractivity contribution in [3.63, 3.8) is 0 Å². The van der Waals surface area contributed by atoms with Gasteiger partial charge in [0.2, 0.25) is 0 Å². The second kappa shape index (κ2) is 4.47. The molecule has 0 unspecified atom stereocenters. The van der Waals surface area contributed by atoms with Crippen LogP contribution < -0.4 is 0 Å². The molecule has 0 aliphatic heterocycles. The Morgan fingerprint density at radius 3 is 2.24 bits per heavy atom. The van der Waals surface area contributed by atoms with Gasteiger partial charge >= 0.3 is 0 Å². The average Bonchev–Trinajstić information content (AvgIpc) is 2.58. The first-order valence-electron chi connectivity index (χ1n) is 5.74. The van der Waals surface area contributed by atoms with E-state index in [2.05, 4.69) is 37.6 Å². The van der Waals surface area contributed by atoms with Crippen molar-refractivity contribution in [2.75, 3.05) is 0 Å². The third-order valence-corrected chi connectivity index (χ3v) is 3.35. The third-order valence-electron chi connectivity index (χ3n) is 3.35. The minimum atomic E-state index is 0.713. The molecule has 0 saturated heterocycles. The summed E-state index contributed by atoms with van der Waals surface area (Å²) in [6.45, 7) is 7.30. The van der Waals surface area contributed by atoms with Crippen molar-refractivity contribution in [1.82, 2.24) is 4.57 Å². The Morgan fingerprint density at radius 1 is 1.12 bits per heavy atom. The number of aryl methyl sites for hydroxylation is 1. The monoisotopic (exact) mass is 224 g/mol. The Balaban J connectivity index is 2.26. The number of nitriles is 1. The summed E-state index contributed by atoms with van der Waals surface area (Å²) in [7, 11) is 0. The van der Waals surface area contributed by atoms with Gasteiger partial charge in [-0.05, 0) is 49.6 Å². The van der Waals surface area contributed by atoms with Crippen LogP contribution >= 0.6 is 0 Å². The fourth-order valence-corrected chi connectivity index (χ4v) is 1.97. The highest BCUT2D eigenvalue weighted by Gasteiger charge is 2.05. The Kier molecular flexibility index (Phi) is 3.01. The van der Waals surface area contributed by atoms with Crippen molar-refractivity contribution in [3.8, 4) is 6.07 Å². The number of rotatable bonds is 2. The number of benzene rings is 1. The van der Waals surface area contributed by atoms with Gasteiger partial charge in [0.15, 0.2) is 0 Å². The predicted octanol–water partition coefficient (Wildman–Crippen LogP) is 3.33. The van der Waals surface area contributed by atoms with Crippen LogP contribution in [0.4, 0.5) is 0 Å². The molecule has 0 aliphatic carbocycles. The van der Waals surface area contributed by atoms with E-state index in [0.29, 0.717) is 5.56 Å². The molecule has 0 amide bonds. The van der Waals surface area contributed by atoms with Gasteiger partial charge in [0.25, 0.3) is 0 Å². The first-order valence-corrected chi connectivity index (χ1v) is 5.74. The van der Waals surface area contributed by atoms with E-state index in [9.17, 15) is 0 Å². The number of nitrogens with zero attached hydrogens (tertiary/aromatic N) is 2. The summed E-state index contributed by atoms with van der Waals surface area (Å²) in [5.74, 6) is 0. The van der Waals surface area contributed by atoms with Crippen LogP contribution in [-0.2, 0) is 6.54 Å². The molecule has 0 atom stereocenters. The molecule has 2 rings (SSSR count). The molecule has 2 heteroatoms. The first-order chi connectivity index (χ1) is 8.11. The van der Waals surface area contributed by atoms with E-state index in [0.717, 1.165) is 6.54 Å². The van der Waals surface area contributed by atoms with Gasteiger partial charge in [-0.25, -0.2) is 0 Å². The lowest BCUT2D eigenvalue weighted by atomic mass is 10.1. The fourth-order valence-electron chi connectivity index (χ4n) is 1.97. The maximum absolute atomic E-state index is 8.75. The van der Waals surface area contributed by atoms with Gasteiger partial charge in [-0.3, -0.25) is 0 Å². The molecule has 86 valence electrons. The van der Waals surface area contributed by atoms with E-state index in [4.69, 9.17) is 5.26 Å². The van der Waals surface area contributed by atoms with Crippen molar-refractivity contribution in [3.05, 3.63) is 58.4 Å². The maximum atomic E-state index is 8.75. The molecular formula is C15H16N2. The zero-order valence-corrected chi connectivity index (χ0v) is 10.5. The maximum Gasteiger partial charge on any atom is 0.0991 e. The van der Waals surface area contributed by atoms with E-state index in [1.54, 1.807) is 0 Å². The standard InChI is InChI=1S/C15H16N2/c1-11-9-17(13(3)12(11)2)10-15-6-4-14(8-16)5-7-15/h4-7,9H,10H2,1-3H3. The Hall–Kier alpha value is -2.01. The molecule has 0 spiro atoms. The number of hydrogen-bond acceptors (Lipinski definition) is 1. The summed E-state index contributed by atoms with van der Waals surface area (Å²) in [5, 5.41) is 8.75. The molecule has 0 saturated carbocycles. The molecule has 17 heavy (non-hydrogen) atoms. The molecule has 0 fully saturated rings. The molecule has 2 aromatic rings. The minimum Gasteiger partial charge on any atom is -0.347 e. The van der Waals surface area contributed by atoms with Crippen molar-refractivity contribution in [2.45, 2.75) is 27.3 Å². The van der Waals surface area contributed by atoms with Crippen LogP contribution in [-0.4, -0.2) is 4.57 Å². The molecule has 1 aromatic heterocycles. The Labute approximate surface area is 102 Å². The first kappa shape index (κ1) is 11.5. The smallest absolute Gasteiger partial charge is 0.0991 e. The van der Waals surface area contributed by atoms with Crippen LogP contribution in [0, 0.1) is 32.1 Å². The zero-order chi connectivity index (χ0) is 12.4. The second-order valence-corrected chi connectivity index (χ2v) is 4.46. The normalized spacial score (nSPS) is 10.2. The Bertz CT molecular complexity index is 568. The van der Waals surface area contributed by atoms with Gasteiger partial charge in [0, 0.05) is 18.4 Å². The number of aromatic nitrogens is 1. The summed E-state index contributed by atoms with van der Waals surface area (Å²) in [6.07, 6.45) is 2.18.